The summed E-state index contributed by atoms with van der Waals surface area (Å²) in [5.74, 6) is -0.340. The van der Waals surface area contributed by atoms with Crippen LogP contribution in [0.5, 0.6) is 0 Å². The Hall–Kier alpha value is -1.58. The number of hydrogen-bond acceptors (Lipinski definition) is 1. The Morgan fingerprint density at radius 1 is 1.33 bits per heavy atom. The number of carbonyl (C=O) groups excluding carboxylic acids is 1. The van der Waals surface area contributed by atoms with Crippen LogP contribution in [-0.4, -0.2) is 23.0 Å². The molecule has 1 saturated heterocycles. The van der Waals surface area contributed by atoms with Crippen LogP contribution in [0, 0.1) is 5.82 Å². The molecule has 2 amide bonds. The molecular formula is C14H19FN2O. The molecule has 0 spiro atoms. The molecule has 1 aromatic carbocycles. The van der Waals surface area contributed by atoms with Crippen LogP contribution < -0.4 is 5.32 Å². The third-order valence-corrected chi connectivity index (χ3v) is 3.50. The molecule has 1 aliphatic rings. The summed E-state index contributed by atoms with van der Waals surface area (Å²) in [5, 5.41) is 2.76. The summed E-state index contributed by atoms with van der Waals surface area (Å²) < 4.78 is 13.0. The van der Waals surface area contributed by atoms with Crippen molar-refractivity contribution in [2.45, 2.75) is 45.2 Å². The second-order valence-corrected chi connectivity index (χ2v) is 4.98. The van der Waals surface area contributed by atoms with E-state index < -0.39 is 0 Å². The zero-order valence-electron chi connectivity index (χ0n) is 10.8. The number of halogens is 1. The lowest BCUT2D eigenvalue weighted by Crippen LogP contribution is -2.49. The van der Waals surface area contributed by atoms with Gasteiger partial charge in [0.2, 0.25) is 0 Å². The lowest BCUT2D eigenvalue weighted by atomic mass is 9.98. The van der Waals surface area contributed by atoms with E-state index in [2.05, 4.69) is 19.2 Å². The Balaban J connectivity index is 2.07. The highest BCUT2D eigenvalue weighted by molar-refractivity contribution is 5.89. The summed E-state index contributed by atoms with van der Waals surface area (Å²) in [5.41, 5.74) is 0.505. The van der Waals surface area contributed by atoms with Crippen molar-refractivity contribution >= 4 is 11.7 Å². The fourth-order valence-corrected chi connectivity index (χ4v) is 2.58. The number of benzene rings is 1. The first-order valence-corrected chi connectivity index (χ1v) is 6.43. The molecule has 2 rings (SSSR count). The van der Waals surface area contributed by atoms with Crippen molar-refractivity contribution in [2.24, 2.45) is 0 Å². The number of likely N-dealkylation sites (tertiary alicyclic amines) is 1. The number of nitrogens with one attached hydrogen (secondary N) is 1. The molecule has 2 atom stereocenters. The molecule has 0 unspecified atom stereocenters. The van der Waals surface area contributed by atoms with Crippen molar-refractivity contribution in [3.05, 3.63) is 30.1 Å². The van der Waals surface area contributed by atoms with Crippen LogP contribution in [0.1, 0.15) is 33.1 Å². The predicted octanol–water partition coefficient (Wildman–Crippen LogP) is 3.62. The number of piperidine rings is 1. The largest absolute Gasteiger partial charge is 0.322 e. The maximum atomic E-state index is 13.0. The van der Waals surface area contributed by atoms with Crippen LogP contribution >= 0.6 is 0 Å². The molecule has 1 heterocycles. The van der Waals surface area contributed by atoms with Crippen molar-refractivity contribution < 1.29 is 9.18 Å². The minimum absolute atomic E-state index is 0.139. The molecule has 0 aliphatic carbocycles. The molecule has 1 aromatic rings. The van der Waals surface area contributed by atoms with E-state index in [9.17, 15) is 9.18 Å². The average Bonchev–Trinajstić information content (AvgIpc) is 2.28. The van der Waals surface area contributed by atoms with Gasteiger partial charge in [-0.3, -0.25) is 0 Å². The Kier molecular flexibility index (Phi) is 3.84. The minimum atomic E-state index is -0.340. The number of urea groups is 1. The summed E-state index contributed by atoms with van der Waals surface area (Å²) in [6.45, 7) is 4.11. The third-order valence-electron chi connectivity index (χ3n) is 3.50. The van der Waals surface area contributed by atoms with Crippen molar-refractivity contribution in [2.75, 3.05) is 5.32 Å². The van der Waals surface area contributed by atoms with Gasteiger partial charge in [0, 0.05) is 17.8 Å². The number of amides is 2. The number of rotatable bonds is 1. The molecule has 0 aromatic heterocycles. The van der Waals surface area contributed by atoms with E-state index in [4.69, 9.17) is 0 Å². The van der Waals surface area contributed by atoms with Crippen molar-refractivity contribution in [1.29, 1.82) is 0 Å². The lowest BCUT2D eigenvalue weighted by molar-refractivity contribution is 0.133. The fourth-order valence-electron chi connectivity index (χ4n) is 2.58. The van der Waals surface area contributed by atoms with Gasteiger partial charge < -0.3 is 10.2 Å². The number of carbonyl (C=O) groups is 1. The van der Waals surface area contributed by atoms with Gasteiger partial charge in [-0.2, -0.15) is 0 Å². The van der Waals surface area contributed by atoms with E-state index in [0.717, 1.165) is 19.3 Å². The quantitative estimate of drug-likeness (QED) is 0.811. The van der Waals surface area contributed by atoms with Crippen LogP contribution in [0.15, 0.2) is 24.3 Å². The second-order valence-electron chi connectivity index (χ2n) is 4.98. The lowest BCUT2D eigenvalue weighted by Gasteiger charge is -2.38. The molecule has 0 saturated carbocycles. The Labute approximate surface area is 107 Å². The van der Waals surface area contributed by atoms with Crippen LogP contribution in [0.4, 0.5) is 14.9 Å². The smallest absolute Gasteiger partial charge is 0.319 e. The van der Waals surface area contributed by atoms with E-state index in [1.54, 1.807) is 12.1 Å². The van der Waals surface area contributed by atoms with Crippen molar-refractivity contribution in [3.8, 4) is 0 Å². The highest BCUT2D eigenvalue weighted by atomic mass is 19.1. The molecule has 3 nitrogen and oxygen atoms in total. The summed E-state index contributed by atoms with van der Waals surface area (Å²) in [6, 6.07) is 6.32. The molecule has 1 fully saturated rings. The molecule has 0 radical (unpaired) electrons. The first-order valence-electron chi connectivity index (χ1n) is 6.43. The summed E-state index contributed by atoms with van der Waals surface area (Å²) in [4.78, 5) is 14.0. The Morgan fingerprint density at radius 2 is 2.00 bits per heavy atom. The average molecular weight is 250 g/mol. The molecular weight excluding hydrogens is 231 g/mol. The van der Waals surface area contributed by atoms with Gasteiger partial charge in [0.15, 0.2) is 0 Å². The Bertz CT molecular complexity index is 426. The molecule has 0 bridgehead atoms. The van der Waals surface area contributed by atoms with Gasteiger partial charge in [-0.05, 0) is 51.3 Å². The van der Waals surface area contributed by atoms with E-state index in [-0.39, 0.29) is 23.9 Å². The van der Waals surface area contributed by atoms with Gasteiger partial charge in [-0.1, -0.05) is 6.07 Å². The second kappa shape index (κ2) is 5.38. The van der Waals surface area contributed by atoms with Gasteiger partial charge in [0.1, 0.15) is 5.82 Å². The minimum Gasteiger partial charge on any atom is -0.319 e. The summed E-state index contributed by atoms with van der Waals surface area (Å²) >= 11 is 0. The Morgan fingerprint density at radius 3 is 2.61 bits per heavy atom. The van der Waals surface area contributed by atoms with Gasteiger partial charge >= 0.3 is 6.03 Å². The molecule has 18 heavy (non-hydrogen) atoms. The fraction of sp³-hybridized carbons (Fsp3) is 0.500. The van der Waals surface area contributed by atoms with Gasteiger partial charge in [-0.15, -0.1) is 0 Å². The van der Waals surface area contributed by atoms with Gasteiger partial charge in [0.25, 0.3) is 0 Å². The summed E-state index contributed by atoms with van der Waals surface area (Å²) in [7, 11) is 0. The molecule has 1 N–H and O–H groups in total. The van der Waals surface area contributed by atoms with Crippen LogP contribution in [-0.2, 0) is 0 Å². The van der Waals surface area contributed by atoms with E-state index in [1.165, 1.54) is 12.1 Å². The SMILES string of the molecule is C[C@@H]1CCC[C@H](C)N1C(=O)Nc1cccc(F)c1. The molecule has 1 aliphatic heterocycles. The maximum Gasteiger partial charge on any atom is 0.322 e. The normalized spacial score (nSPS) is 23.8. The van der Waals surface area contributed by atoms with Crippen LogP contribution in [0.25, 0.3) is 0 Å². The number of nitrogens with zero attached hydrogens (tertiary/aromatic N) is 1. The standard InChI is InChI=1S/C14H19FN2O/c1-10-5-3-6-11(2)17(10)14(18)16-13-8-4-7-12(15)9-13/h4,7-11H,3,5-6H2,1-2H3,(H,16,18)/t10-,11+. The molecule has 4 heteroatoms. The topological polar surface area (TPSA) is 32.3 Å². The zero-order chi connectivity index (χ0) is 13.1. The number of hydrogen-bond donors (Lipinski definition) is 1. The third kappa shape index (κ3) is 2.81. The van der Waals surface area contributed by atoms with Crippen molar-refractivity contribution in [1.82, 2.24) is 4.90 Å². The molecule has 98 valence electrons. The summed E-state index contributed by atoms with van der Waals surface area (Å²) in [6.07, 6.45) is 3.22. The van der Waals surface area contributed by atoms with Gasteiger partial charge in [0.05, 0.1) is 0 Å². The van der Waals surface area contributed by atoms with E-state index in [1.807, 2.05) is 4.90 Å². The van der Waals surface area contributed by atoms with Crippen LogP contribution in [0.2, 0.25) is 0 Å². The van der Waals surface area contributed by atoms with Crippen LogP contribution in [0.3, 0.4) is 0 Å². The van der Waals surface area contributed by atoms with E-state index in [0.29, 0.717) is 5.69 Å². The highest BCUT2D eigenvalue weighted by Gasteiger charge is 2.28. The monoisotopic (exact) mass is 250 g/mol. The number of anilines is 1. The zero-order valence-corrected chi connectivity index (χ0v) is 10.8. The first kappa shape index (κ1) is 12.9. The van der Waals surface area contributed by atoms with E-state index >= 15 is 0 Å². The highest BCUT2D eigenvalue weighted by Crippen LogP contribution is 2.23. The maximum absolute atomic E-state index is 13.0. The van der Waals surface area contributed by atoms with Crippen molar-refractivity contribution in [3.63, 3.8) is 0 Å². The van der Waals surface area contributed by atoms with Gasteiger partial charge in [-0.25, -0.2) is 9.18 Å². The first-order chi connectivity index (χ1) is 8.58. The predicted molar refractivity (Wildman–Crippen MR) is 70.0 cm³/mol.